The van der Waals surface area contributed by atoms with Crippen molar-refractivity contribution in [2.75, 3.05) is 13.2 Å². The second-order valence-corrected chi connectivity index (χ2v) is 6.84. The van der Waals surface area contributed by atoms with Crippen LogP contribution in [0.4, 0.5) is 0 Å². The topological polar surface area (TPSA) is 38.5 Å². The van der Waals surface area contributed by atoms with E-state index in [1.165, 1.54) is 0 Å². The first-order chi connectivity index (χ1) is 10.9. The monoisotopic (exact) mass is 317 g/mol. The van der Waals surface area contributed by atoms with Gasteiger partial charge in [0.15, 0.2) is 0 Å². The van der Waals surface area contributed by atoms with Gasteiger partial charge in [-0.3, -0.25) is 9.69 Å². The molecule has 1 aliphatic rings. The molecule has 4 heteroatoms. The standard InChI is InChI=1S/C19H27NO3/c1-5-9-16-17(14-22-13-15-10-7-6-8-11-15)20(16)12-18(21)23-19(2,3)4/h5-11,16-17H,12-14H2,1-4H3/b9-5+/t16-,17-,20?/m1/s1. The van der Waals surface area contributed by atoms with Crippen molar-refractivity contribution in [3.63, 3.8) is 0 Å². The summed E-state index contributed by atoms with van der Waals surface area (Å²) >= 11 is 0. The molecule has 126 valence electrons. The van der Waals surface area contributed by atoms with Crippen molar-refractivity contribution in [3.8, 4) is 0 Å². The number of carbonyl (C=O) groups excluding carboxylic acids is 1. The van der Waals surface area contributed by atoms with Crippen molar-refractivity contribution in [2.45, 2.75) is 52.0 Å². The number of rotatable bonds is 7. The van der Waals surface area contributed by atoms with Crippen molar-refractivity contribution in [3.05, 3.63) is 48.0 Å². The van der Waals surface area contributed by atoms with Crippen LogP contribution in [0.15, 0.2) is 42.5 Å². The number of nitrogens with zero attached hydrogens (tertiary/aromatic N) is 1. The first kappa shape index (κ1) is 17.7. The third kappa shape index (κ3) is 5.81. The predicted molar refractivity (Wildman–Crippen MR) is 91.0 cm³/mol. The highest BCUT2D eigenvalue weighted by molar-refractivity contribution is 5.72. The fourth-order valence-electron chi connectivity index (χ4n) is 2.60. The van der Waals surface area contributed by atoms with Gasteiger partial charge in [0.05, 0.1) is 25.8 Å². The van der Waals surface area contributed by atoms with E-state index in [0.29, 0.717) is 19.8 Å². The molecular formula is C19H27NO3. The fourth-order valence-corrected chi connectivity index (χ4v) is 2.60. The SMILES string of the molecule is C/C=C/[C@@H]1[C@@H](COCc2ccccc2)N1CC(=O)OC(C)(C)C. The third-order valence-corrected chi connectivity index (χ3v) is 3.63. The minimum absolute atomic E-state index is 0.183. The lowest BCUT2D eigenvalue weighted by Gasteiger charge is -2.19. The summed E-state index contributed by atoms with van der Waals surface area (Å²) in [4.78, 5) is 14.1. The Labute approximate surface area is 139 Å². The van der Waals surface area contributed by atoms with E-state index in [0.717, 1.165) is 5.56 Å². The molecular weight excluding hydrogens is 290 g/mol. The first-order valence-electron chi connectivity index (χ1n) is 8.13. The number of hydrogen-bond acceptors (Lipinski definition) is 4. The minimum atomic E-state index is -0.442. The van der Waals surface area contributed by atoms with E-state index in [1.54, 1.807) is 0 Å². The van der Waals surface area contributed by atoms with E-state index in [9.17, 15) is 4.79 Å². The molecule has 1 heterocycles. The largest absolute Gasteiger partial charge is 0.459 e. The Kier molecular flexibility index (Phi) is 5.97. The van der Waals surface area contributed by atoms with Gasteiger partial charge in [0, 0.05) is 6.04 Å². The van der Waals surface area contributed by atoms with Crippen LogP contribution in [0.1, 0.15) is 33.3 Å². The smallest absolute Gasteiger partial charge is 0.320 e. The molecule has 4 nitrogen and oxygen atoms in total. The zero-order valence-corrected chi connectivity index (χ0v) is 14.5. The summed E-state index contributed by atoms with van der Waals surface area (Å²) in [7, 11) is 0. The molecule has 0 spiro atoms. The van der Waals surface area contributed by atoms with Crippen LogP contribution in [-0.4, -0.2) is 41.7 Å². The van der Waals surface area contributed by atoms with Crippen LogP contribution in [-0.2, 0) is 20.9 Å². The molecule has 0 bridgehead atoms. The lowest BCUT2D eigenvalue weighted by molar-refractivity contribution is -0.154. The quantitative estimate of drug-likeness (QED) is 0.440. The van der Waals surface area contributed by atoms with Crippen LogP contribution in [0, 0.1) is 0 Å². The Balaban J connectivity index is 1.79. The van der Waals surface area contributed by atoms with Crippen LogP contribution < -0.4 is 0 Å². The van der Waals surface area contributed by atoms with Crippen LogP contribution >= 0.6 is 0 Å². The van der Waals surface area contributed by atoms with Crippen molar-refractivity contribution >= 4 is 5.97 Å². The molecule has 1 unspecified atom stereocenters. The second-order valence-electron chi connectivity index (χ2n) is 6.84. The van der Waals surface area contributed by atoms with Crippen molar-refractivity contribution in [2.24, 2.45) is 0 Å². The third-order valence-electron chi connectivity index (χ3n) is 3.63. The molecule has 0 N–H and O–H groups in total. The molecule has 1 fully saturated rings. The van der Waals surface area contributed by atoms with E-state index in [4.69, 9.17) is 9.47 Å². The number of allylic oxidation sites excluding steroid dienone is 1. The number of hydrogen-bond donors (Lipinski definition) is 0. The maximum atomic E-state index is 12.0. The molecule has 2 rings (SSSR count). The Hall–Kier alpha value is -1.65. The predicted octanol–water partition coefficient (Wildman–Crippen LogP) is 3.17. The molecule has 1 aliphatic heterocycles. The highest BCUT2D eigenvalue weighted by Gasteiger charge is 2.46. The Morgan fingerprint density at radius 3 is 2.57 bits per heavy atom. The Morgan fingerprint density at radius 1 is 1.26 bits per heavy atom. The number of carbonyl (C=O) groups is 1. The van der Waals surface area contributed by atoms with Gasteiger partial charge in [-0.1, -0.05) is 42.5 Å². The number of esters is 1. The molecule has 1 saturated heterocycles. The number of ether oxygens (including phenoxy) is 2. The van der Waals surface area contributed by atoms with Crippen molar-refractivity contribution in [1.29, 1.82) is 0 Å². The van der Waals surface area contributed by atoms with Gasteiger partial charge in [-0.25, -0.2) is 0 Å². The summed E-state index contributed by atoms with van der Waals surface area (Å²) in [5.74, 6) is -0.183. The molecule has 0 radical (unpaired) electrons. The zero-order valence-electron chi connectivity index (χ0n) is 14.5. The van der Waals surface area contributed by atoms with Gasteiger partial charge in [-0.15, -0.1) is 0 Å². The van der Waals surface area contributed by atoms with Gasteiger partial charge in [0.2, 0.25) is 0 Å². The maximum absolute atomic E-state index is 12.0. The van der Waals surface area contributed by atoms with Gasteiger partial charge in [0.1, 0.15) is 5.60 Å². The fraction of sp³-hybridized carbons (Fsp3) is 0.526. The highest BCUT2D eigenvalue weighted by Crippen LogP contribution is 2.30. The van der Waals surface area contributed by atoms with Gasteiger partial charge in [-0.2, -0.15) is 0 Å². The molecule has 0 aromatic heterocycles. The van der Waals surface area contributed by atoms with E-state index in [1.807, 2.05) is 52.0 Å². The van der Waals surface area contributed by atoms with Crippen molar-refractivity contribution in [1.82, 2.24) is 4.90 Å². The van der Waals surface area contributed by atoms with Gasteiger partial charge >= 0.3 is 5.97 Å². The molecule has 0 aliphatic carbocycles. The van der Waals surface area contributed by atoms with E-state index in [2.05, 4.69) is 23.1 Å². The summed E-state index contributed by atoms with van der Waals surface area (Å²) < 4.78 is 11.2. The zero-order chi connectivity index (χ0) is 16.9. The van der Waals surface area contributed by atoms with Crippen LogP contribution in [0.3, 0.4) is 0 Å². The Bertz CT molecular complexity index is 533. The summed E-state index contributed by atoms with van der Waals surface area (Å²) in [6, 6.07) is 10.6. The summed E-state index contributed by atoms with van der Waals surface area (Å²) in [5.41, 5.74) is 0.720. The van der Waals surface area contributed by atoms with Gasteiger partial charge in [-0.05, 0) is 33.3 Å². The summed E-state index contributed by atoms with van der Waals surface area (Å²) in [6.45, 7) is 9.18. The summed E-state index contributed by atoms with van der Waals surface area (Å²) in [6.07, 6.45) is 4.13. The van der Waals surface area contributed by atoms with Crippen LogP contribution in [0.2, 0.25) is 0 Å². The maximum Gasteiger partial charge on any atom is 0.320 e. The summed E-state index contributed by atoms with van der Waals surface area (Å²) in [5, 5.41) is 0. The minimum Gasteiger partial charge on any atom is -0.459 e. The second kappa shape index (κ2) is 7.75. The van der Waals surface area contributed by atoms with Crippen LogP contribution in [0.25, 0.3) is 0 Å². The van der Waals surface area contributed by atoms with Crippen LogP contribution in [0.5, 0.6) is 0 Å². The van der Waals surface area contributed by atoms with Gasteiger partial charge < -0.3 is 9.47 Å². The normalized spacial score (nSPS) is 23.9. The molecule has 1 aromatic rings. The van der Waals surface area contributed by atoms with Gasteiger partial charge in [0.25, 0.3) is 0 Å². The van der Waals surface area contributed by atoms with E-state index in [-0.39, 0.29) is 18.1 Å². The molecule has 1 aromatic carbocycles. The average molecular weight is 317 g/mol. The highest BCUT2D eigenvalue weighted by atomic mass is 16.6. The first-order valence-corrected chi connectivity index (χ1v) is 8.13. The Morgan fingerprint density at radius 2 is 1.96 bits per heavy atom. The number of benzene rings is 1. The molecule has 3 atom stereocenters. The molecule has 0 amide bonds. The lowest BCUT2D eigenvalue weighted by atomic mass is 10.2. The van der Waals surface area contributed by atoms with Crippen molar-refractivity contribution < 1.29 is 14.3 Å². The molecule has 23 heavy (non-hydrogen) atoms. The van der Waals surface area contributed by atoms with E-state index < -0.39 is 5.60 Å². The average Bonchev–Trinajstić information content (AvgIpc) is 3.09. The molecule has 0 saturated carbocycles. The van der Waals surface area contributed by atoms with E-state index >= 15 is 0 Å². The lowest BCUT2D eigenvalue weighted by Crippen LogP contribution is -2.29.